The summed E-state index contributed by atoms with van der Waals surface area (Å²) >= 11 is 6.25. The van der Waals surface area contributed by atoms with Crippen molar-refractivity contribution in [2.45, 2.75) is 28.4 Å². The average Bonchev–Trinajstić information content (AvgIpc) is 2.91. The lowest BCUT2D eigenvalue weighted by molar-refractivity contribution is 0.642. The molecule has 3 rings (SSSR count). The Morgan fingerprint density at radius 3 is 3.06 bits per heavy atom. The van der Waals surface area contributed by atoms with E-state index in [0.717, 1.165) is 21.8 Å². The summed E-state index contributed by atoms with van der Waals surface area (Å²) in [5.41, 5.74) is -0.124. The highest BCUT2D eigenvalue weighted by atomic mass is 79.9. The number of H-pyrrole nitrogens is 1. The van der Waals surface area contributed by atoms with Crippen molar-refractivity contribution in [1.82, 2.24) is 19.7 Å². The molecule has 0 atom stereocenters. The van der Waals surface area contributed by atoms with Crippen LogP contribution >= 0.6 is 39.0 Å². The Kier molecular flexibility index (Phi) is 2.64. The molecule has 1 saturated carbocycles. The Morgan fingerprint density at radius 2 is 2.44 bits per heavy atom. The van der Waals surface area contributed by atoms with Gasteiger partial charge < -0.3 is 0 Å². The molecule has 1 N–H and O–H groups in total. The van der Waals surface area contributed by atoms with Gasteiger partial charge in [0.15, 0.2) is 9.50 Å². The molecular weight excluding hydrogens is 312 g/mol. The lowest BCUT2D eigenvalue weighted by Gasteiger charge is -1.99. The fraction of sp³-hybridized carbons (Fsp3) is 0.375. The van der Waals surface area contributed by atoms with Gasteiger partial charge in [0.05, 0.1) is 0 Å². The molecule has 0 amide bonds. The molecule has 8 heteroatoms. The van der Waals surface area contributed by atoms with Crippen molar-refractivity contribution in [2.24, 2.45) is 0 Å². The van der Waals surface area contributed by atoms with Gasteiger partial charge in [-0.3, -0.25) is 4.57 Å². The van der Waals surface area contributed by atoms with E-state index < -0.39 is 0 Å². The van der Waals surface area contributed by atoms with Crippen molar-refractivity contribution < 1.29 is 0 Å². The maximum absolute atomic E-state index is 11.5. The Labute approximate surface area is 107 Å². The van der Waals surface area contributed by atoms with Crippen LogP contribution in [-0.2, 0) is 0 Å². The van der Waals surface area contributed by atoms with Crippen LogP contribution in [-0.4, -0.2) is 19.7 Å². The summed E-state index contributed by atoms with van der Waals surface area (Å²) in [4.78, 5) is 15.8. The van der Waals surface area contributed by atoms with Crippen molar-refractivity contribution in [3.05, 3.63) is 20.5 Å². The lowest BCUT2D eigenvalue weighted by atomic mass is 10.7. The van der Waals surface area contributed by atoms with E-state index in [2.05, 4.69) is 31.1 Å². The number of aromatic nitrogens is 4. The van der Waals surface area contributed by atoms with Crippen molar-refractivity contribution in [3.63, 3.8) is 0 Å². The van der Waals surface area contributed by atoms with Crippen LogP contribution in [0.2, 0.25) is 0 Å². The first-order chi connectivity index (χ1) is 7.74. The largest absolute Gasteiger partial charge is 0.344 e. The number of rotatable bonds is 3. The predicted octanol–water partition coefficient (Wildman–Crippen LogP) is 2.28. The molecule has 1 aliphatic carbocycles. The van der Waals surface area contributed by atoms with E-state index in [9.17, 15) is 4.79 Å². The summed E-state index contributed by atoms with van der Waals surface area (Å²) in [6, 6.07) is 0.331. The van der Waals surface area contributed by atoms with E-state index in [1.54, 1.807) is 4.57 Å². The van der Waals surface area contributed by atoms with E-state index in [0.29, 0.717) is 11.2 Å². The third-order valence-corrected chi connectivity index (χ3v) is 4.84. The molecule has 2 aromatic rings. The zero-order valence-corrected chi connectivity index (χ0v) is 11.2. The topological polar surface area (TPSA) is 63.6 Å². The zero-order valence-electron chi connectivity index (χ0n) is 8.01. The van der Waals surface area contributed by atoms with Gasteiger partial charge in [-0.1, -0.05) is 0 Å². The number of hydrogen-bond acceptors (Lipinski definition) is 5. The van der Waals surface area contributed by atoms with Crippen LogP contribution in [0.5, 0.6) is 0 Å². The second-order valence-corrected chi connectivity index (χ2v) is 6.34. The number of halogens is 1. The first-order valence-corrected chi connectivity index (χ1v) is 7.19. The second kappa shape index (κ2) is 4.01. The van der Waals surface area contributed by atoms with Gasteiger partial charge in [-0.05, 0) is 40.5 Å². The summed E-state index contributed by atoms with van der Waals surface area (Å²) in [6.07, 6.45) is 2.13. The van der Waals surface area contributed by atoms with Crippen molar-refractivity contribution in [3.8, 4) is 0 Å². The van der Waals surface area contributed by atoms with Crippen molar-refractivity contribution in [1.29, 1.82) is 0 Å². The van der Waals surface area contributed by atoms with E-state index >= 15 is 0 Å². The molecule has 1 aliphatic rings. The standard InChI is InChI=1S/C8H7BrN4OS2/c9-5-3-15-8(10-5)16-7-12-11-6(14)13(7)4-1-2-4/h3-4H,1-2H2,(H,11,14). The normalized spacial score (nSPS) is 15.6. The van der Waals surface area contributed by atoms with Gasteiger partial charge in [-0.25, -0.2) is 14.9 Å². The predicted molar refractivity (Wildman–Crippen MR) is 65.1 cm³/mol. The number of nitrogens with one attached hydrogen (secondary N) is 1. The molecule has 0 unspecified atom stereocenters. The molecule has 0 aliphatic heterocycles. The number of thiazole rings is 1. The summed E-state index contributed by atoms with van der Waals surface area (Å²) < 4.78 is 3.42. The van der Waals surface area contributed by atoms with E-state index in [1.807, 2.05) is 5.38 Å². The van der Waals surface area contributed by atoms with Gasteiger partial charge in [0.25, 0.3) is 0 Å². The van der Waals surface area contributed by atoms with Gasteiger partial charge >= 0.3 is 5.69 Å². The van der Waals surface area contributed by atoms with Crippen molar-refractivity contribution in [2.75, 3.05) is 0 Å². The second-order valence-electron chi connectivity index (χ2n) is 3.45. The minimum Gasteiger partial charge on any atom is -0.267 e. The third-order valence-electron chi connectivity index (χ3n) is 2.22. The lowest BCUT2D eigenvalue weighted by Crippen LogP contribution is -2.15. The molecule has 0 spiro atoms. The van der Waals surface area contributed by atoms with E-state index in [4.69, 9.17) is 0 Å². The highest BCUT2D eigenvalue weighted by Crippen LogP contribution is 2.38. The molecule has 1 fully saturated rings. The molecule has 0 saturated heterocycles. The molecule has 0 aromatic carbocycles. The number of hydrogen-bond donors (Lipinski definition) is 1. The smallest absolute Gasteiger partial charge is 0.267 e. The van der Waals surface area contributed by atoms with Crippen LogP contribution in [0.15, 0.2) is 24.3 Å². The van der Waals surface area contributed by atoms with Crippen LogP contribution < -0.4 is 5.69 Å². The summed E-state index contributed by atoms with van der Waals surface area (Å²) in [5.74, 6) is 0. The SMILES string of the molecule is O=c1[nH]nc(Sc2nc(Br)cs2)n1C1CC1. The fourth-order valence-corrected chi connectivity index (χ4v) is 3.76. The van der Waals surface area contributed by atoms with Gasteiger partial charge in [-0.15, -0.1) is 16.4 Å². The third kappa shape index (κ3) is 1.96. The molecule has 16 heavy (non-hydrogen) atoms. The van der Waals surface area contributed by atoms with Crippen molar-refractivity contribution >= 4 is 39.0 Å². The number of aromatic amines is 1. The Morgan fingerprint density at radius 1 is 1.62 bits per heavy atom. The van der Waals surface area contributed by atoms with Crippen LogP contribution in [0.25, 0.3) is 0 Å². The maximum Gasteiger partial charge on any atom is 0.344 e. The van der Waals surface area contributed by atoms with Crippen LogP contribution in [0.3, 0.4) is 0 Å². The van der Waals surface area contributed by atoms with Crippen LogP contribution in [0.1, 0.15) is 18.9 Å². The quantitative estimate of drug-likeness (QED) is 0.943. The highest BCUT2D eigenvalue weighted by Gasteiger charge is 2.29. The minimum atomic E-state index is -0.124. The fourth-order valence-electron chi connectivity index (χ4n) is 1.38. The van der Waals surface area contributed by atoms with Gasteiger partial charge in [-0.2, -0.15) is 0 Å². The summed E-state index contributed by atoms with van der Waals surface area (Å²) in [5, 5.41) is 9.12. The zero-order chi connectivity index (χ0) is 11.1. The molecular formula is C8H7BrN4OS2. The first-order valence-electron chi connectivity index (χ1n) is 4.70. The van der Waals surface area contributed by atoms with Crippen LogP contribution in [0.4, 0.5) is 0 Å². The first kappa shape index (κ1) is 10.5. The van der Waals surface area contributed by atoms with Gasteiger partial charge in [0, 0.05) is 11.4 Å². The highest BCUT2D eigenvalue weighted by molar-refractivity contribution is 9.10. The molecule has 84 valence electrons. The van der Waals surface area contributed by atoms with Gasteiger partial charge in [0.2, 0.25) is 0 Å². The van der Waals surface area contributed by atoms with Gasteiger partial charge in [0.1, 0.15) is 4.60 Å². The summed E-state index contributed by atoms with van der Waals surface area (Å²) in [6.45, 7) is 0. The van der Waals surface area contributed by atoms with E-state index in [1.165, 1.54) is 23.1 Å². The maximum atomic E-state index is 11.5. The molecule has 2 heterocycles. The Balaban J connectivity index is 1.92. The minimum absolute atomic E-state index is 0.124. The van der Waals surface area contributed by atoms with Crippen LogP contribution in [0, 0.1) is 0 Å². The number of nitrogens with zero attached hydrogens (tertiary/aromatic N) is 3. The molecule has 2 aromatic heterocycles. The van der Waals surface area contributed by atoms with E-state index in [-0.39, 0.29) is 5.69 Å². The molecule has 0 radical (unpaired) electrons. The average molecular weight is 319 g/mol. The summed E-state index contributed by atoms with van der Waals surface area (Å²) in [7, 11) is 0. The molecule has 0 bridgehead atoms. The monoisotopic (exact) mass is 318 g/mol. The Bertz CT molecular complexity index is 571. The Hall–Kier alpha value is -0.600. The molecule has 5 nitrogen and oxygen atoms in total.